The number of hydrogen-bond donors (Lipinski definition) is 2. The number of carbonyl (C=O) groups excluding carboxylic acids is 1. The molecule has 166 valence electrons. The van der Waals surface area contributed by atoms with Gasteiger partial charge in [0.2, 0.25) is 5.75 Å². The molecule has 0 radical (unpaired) electrons. The Kier molecular flexibility index (Phi) is 6.84. The minimum atomic E-state index is -0.459. The first-order valence-corrected chi connectivity index (χ1v) is 9.64. The third kappa shape index (κ3) is 4.44. The fourth-order valence-electron chi connectivity index (χ4n) is 3.14. The summed E-state index contributed by atoms with van der Waals surface area (Å²) in [7, 11) is 6.07. The predicted molar refractivity (Wildman–Crippen MR) is 124 cm³/mol. The van der Waals surface area contributed by atoms with Crippen LogP contribution >= 0.6 is 0 Å². The summed E-state index contributed by atoms with van der Waals surface area (Å²) >= 11 is 0. The number of hydrogen-bond acceptors (Lipinski definition) is 7. The quantitative estimate of drug-likeness (QED) is 0.515. The Morgan fingerprint density at radius 2 is 1.53 bits per heavy atom. The lowest BCUT2D eigenvalue weighted by molar-refractivity contribution is 0.101. The fraction of sp³-hybridized carbons (Fsp3) is 0.167. The number of methoxy groups -OCH3 is 4. The molecule has 0 aliphatic carbocycles. The monoisotopic (exact) mass is 435 g/mol. The molecule has 3 aromatic rings. The van der Waals surface area contributed by atoms with Gasteiger partial charge in [-0.15, -0.1) is 0 Å². The number of nitrogens with two attached hydrogens (primary N) is 1. The van der Waals surface area contributed by atoms with E-state index in [1.54, 1.807) is 48.5 Å². The topological polar surface area (TPSA) is 105 Å². The summed E-state index contributed by atoms with van der Waals surface area (Å²) in [5.41, 5.74) is 8.68. The van der Waals surface area contributed by atoms with Crippen LogP contribution < -0.4 is 30.0 Å². The molecule has 0 aliphatic heterocycles. The number of amides is 1. The van der Waals surface area contributed by atoms with E-state index in [4.69, 9.17) is 24.7 Å². The van der Waals surface area contributed by atoms with E-state index >= 15 is 0 Å². The highest BCUT2D eigenvalue weighted by Gasteiger charge is 2.20. The van der Waals surface area contributed by atoms with E-state index in [1.165, 1.54) is 28.4 Å². The number of ether oxygens (including phenoxy) is 4. The van der Waals surface area contributed by atoms with Crippen molar-refractivity contribution in [1.29, 1.82) is 0 Å². The molecule has 8 heteroatoms. The average Bonchev–Trinajstić information content (AvgIpc) is 2.83. The number of para-hydroxylation sites is 2. The molecule has 0 fully saturated rings. The standard InChI is InChI=1S/C24H25N3O5/c1-14(15-12-20(30-3)23(32-5)21(13-15)31-4)17-10-11-19(29-2)22(26-17)24(28)27-18-9-7-6-8-16(18)25/h6-13H,1,25H2,2-5H3,(H,27,28). The maximum Gasteiger partial charge on any atom is 0.278 e. The molecule has 0 saturated heterocycles. The number of aromatic nitrogens is 1. The van der Waals surface area contributed by atoms with Crippen LogP contribution in [0.1, 0.15) is 21.7 Å². The zero-order valence-corrected chi connectivity index (χ0v) is 18.4. The molecule has 8 nitrogen and oxygen atoms in total. The lowest BCUT2D eigenvalue weighted by Crippen LogP contribution is -2.16. The van der Waals surface area contributed by atoms with E-state index in [-0.39, 0.29) is 5.69 Å². The minimum Gasteiger partial charge on any atom is -0.494 e. The van der Waals surface area contributed by atoms with Gasteiger partial charge in [-0.2, -0.15) is 0 Å². The molecule has 0 unspecified atom stereocenters. The third-order valence-electron chi connectivity index (χ3n) is 4.82. The van der Waals surface area contributed by atoms with E-state index in [0.29, 0.717) is 51.2 Å². The van der Waals surface area contributed by atoms with Crippen molar-refractivity contribution in [3.8, 4) is 23.0 Å². The number of nitrogens with zero attached hydrogens (tertiary/aromatic N) is 1. The van der Waals surface area contributed by atoms with Crippen molar-refractivity contribution < 1.29 is 23.7 Å². The van der Waals surface area contributed by atoms with Crippen molar-refractivity contribution in [2.24, 2.45) is 0 Å². The van der Waals surface area contributed by atoms with E-state index in [1.807, 2.05) is 0 Å². The molecular weight excluding hydrogens is 410 g/mol. The van der Waals surface area contributed by atoms with Crippen LogP contribution in [-0.2, 0) is 0 Å². The molecule has 0 aliphatic rings. The zero-order valence-electron chi connectivity index (χ0n) is 18.4. The van der Waals surface area contributed by atoms with Gasteiger partial charge in [0.1, 0.15) is 5.75 Å². The molecule has 0 spiro atoms. The summed E-state index contributed by atoms with van der Waals surface area (Å²) in [6.07, 6.45) is 0. The molecule has 1 aromatic heterocycles. The van der Waals surface area contributed by atoms with Gasteiger partial charge in [-0.05, 0) is 42.0 Å². The van der Waals surface area contributed by atoms with Crippen LogP contribution in [0.2, 0.25) is 0 Å². The number of nitrogen functional groups attached to an aromatic ring is 1. The molecule has 0 atom stereocenters. The van der Waals surface area contributed by atoms with Crippen LogP contribution in [0.25, 0.3) is 5.57 Å². The molecular formula is C24H25N3O5. The molecule has 3 rings (SSSR count). The molecule has 1 amide bonds. The minimum absolute atomic E-state index is 0.0989. The Morgan fingerprint density at radius 3 is 2.09 bits per heavy atom. The summed E-state index contributed by atoms with van der Waals surface area (Å²) in [6.45, 7) is 4.15. The lowest BCUT2D eigenvalue weighted by Gasteiger charge is -2.16. The average molecular weight is 435 g/mol. The van der Waals surface area contributed by atoms with Crippen molar-refractivity contribution in [3.05, 3.63) is 72.1 Å². The second-order valence-corrected chi connectivity index (χ2v) is 6.68. The van der Waals surface area contributed by atoms with Gasteiger partial charge >= 0.3 is 0 Å². The number of nitrogens with one attached hydrogen (secondary N) is 1. The maximum atomic E-state index is 12.9. The highest BCUT2D eigenvalue weighted by Crippen LogP contribution is 2.40. The Labute approximate surface area is 186 Å². The van der Waals surface area contributed by atoms with Gasteiger partial charge in [-0.3, -0.25) is 4.79 Å². The predicted octanol–water partition coefficient (Wildman–Crippen LogP) is 4.01. The molecule has 3 N–H and O–H groups in total. The lowest BCUT2D eigenvalue weighted by atomic mass is 10.0. The van der Waals surface area contributed by atoms with Crippen LogP contribution in [0.5, 0.6) is 23.0 Å². The normalized spacial score (nSPS) is 10.2. The van der Waals surface area contributed by atoms with Crippen LogP contribution in [0, 0.1) is 0 Å². The third-order valence-corrected chi connectivity index (χ3v) is 4.82. The van der Waals surface area contributed by atoms with Crippen molar-refractivity contribution in [2.75, 3.05) is 39.5 Å². The molecule has 1 heterocycles. The number of rotatable bonds is 8. The maximum absolute atomic E-state index is 12.9. The van der Waals surface area contributed by atoms with Crippen LogP contribution in [-0.4, -0.2) is 39.3 Å². The molecule has 0 saturated carbocycles. The Bertz CT molecular complexity index is 1140. The van der Waals surface area contributed by atoms with Crippen LogP contribution in [0.15, 0.2) is 55.1 Å². The Morgan fingerprint density at radius 1 is 0.906 bits per heavy atom. The Balaban J connectivity index is 2.00. The first-order chi connectivity index (χ1) is 15.4. The van der Waals surface area contributed by atoms with Gasteiger partial charge in [0.05, 0.1) is 45.5 Å². The first-order valence-electron chi connectivity index (χ1n) is 9.64. The number of carbonyl (C=O) groups is 1. The summed E-state index contributed by atoms with van der Waals surface area (Å²) in [6, 6.07) is 13.9. The highest BCUT2D eigenvalue weighted by molar-refractivity contribution is 6.06. The number of benzene rings is 2. The van der Waals surface area contributed by atoms with Crippen molar-refractivity contribution in [2.45, 2.75) is 0 Å². The largest absolute Gasteiger partial charge is 0.494 e. The van der Waals surface area contributed by atoms with Gasteiger partial charge < -0.3 is 30.0 Å². The SMILES string of the molecule is C=C(c1cc(OC)c(OC)c(OC)c1)c1ccc(OC)c(C(=O)Nc2ccccc2N)n1. The van der Waals surface area contributed by atoms with Gasteiger partial charge in [0.25, 0.3) is 5.91 Å². The van der Waals surface area contributed by atoms with E-state index in [0.717, 1.165) is 0 Å². The van der Waals surface area contributed by atoms with Crippen molar-refractivity contribution in [3.63, 3.8) is 0 Å². The smallest absolute Gasteiger partial charge is 0.278 e. The fourth-order valence-corrected chi connectivity index (χ4v) is 3.14. The summed E-state index contributed by atoms with van der Waals surface area (Å²) < 4.78 is 21.5. The van der Waals surface area contributed by atoms with Gasteiger partial charge in [-0.1, -0.05) is 18.7 Å². The van der Waals surface area contributed by atoms with E-state index in [9.17, 15) is 4.79 Å². The second kappa shape index (κ2) is 9.74. The van der Waals surface area contributed by atoms with E-state index in [2.05, 4.69) is 16.9 Å². The summed E-state index contributed by atoms with van der Waals surface area (Å²) in [5.74, 6) is 1.29. The van der Waals surface area contributed by atoms with Gasteiger partial charge in [0, 0.05) is 5.57 Å². The van der Waals surface area contributed by atoms with Crippen LogP contribution in [0.3, 0.4) is 0 Å². The second-order valence-electron chi connectivity index (χ2n) is 6.68. The van der Waals surface area contributed by atoms with Crippen molar-refractivity contribution >= 4 is 22.9 Å². The Hall–Kier alpha value is -4.20. The summed E-state index contributed by atoms with van der Waals surface area (Å²) in [4.78, 5) is 17.5. The molecule has 2 aromatic carbocycles. The molecule has 32 heavy (non-hydrogen) atoms. The van der Waals surface area contributed by atoms with Crippen molar-refractivity contribution in [1.82, 2.24) is 4.98 Å². The summed E-state index contributed by atoms with van der Waals surface area (Å²) in [5, 5.41) is 2.77. The molecule has 0 bridgehead atoms. The van der Waals surface area contributed by atoms with Gasteiger partial charge in [-0.25, -0.2) is 4.98 Å². The van der Waals surface area contributed by atoms with E-state index < -0.39 is 5.91 Å². The number of pyridine rings is 1. The highest BCUT2D eigenvalue weighted by atomic mass is 16.5. The first kappa shape index (κ1) is 22.5. The van der Waals surface area contributed by atoms with Crippen LogP contribution in [0.4, 0.5) is 11.4 Å². The number of anilines is 2. The zero-order chi connectivity index (χ0) is 23.3. The van der Waals surface area contributed by atoms with Gasteiger partial charge in [0.15, 0.2) is 17.2 Å².